The van der Waals surface area contributed by atoms with E-state index >= 15 is 0 Å². The molecule has 2 nitrogen and oxygen atoms in total. The summed E-state index contributed by atoms with van der Waals surface area (Å²) in [6.45, 7) is 4.19. The summed E-state index contributed by atoms with van der Waals surface area (Å²) >= 11 is 2.39. The van der Waals surface area contributed by atoms with Crippen LogP contribution in [0.4, 0.5) is 0 Å². The first-order valence-electron chi connectivity index (χ1n) is 8.36. The topological polar surface area (TPSA) is 26.3 Å². The minimum absolute atomic E-state index is 0. The molecule has 2 rings (SSSR count). The van der Waals surface area contributed by atoms with Gasteiger partial charge in [-0.1, -0.05) is 65.9 Å². The first-order valence-corrected chi connectivity index (χ1v) is 9.89. The molecule has 2 atom stereocenters. The SMILES string of the molecule is CC(CCI)CC(C)OC(=O)[C-](c1ccccc1)c1ccccc1.[U]. The third kappa shape index (κ3) is 7.37. The van der Waals surface area contributed by atoms with Crippen LogP contribution >= 0.6 is 22.6 Å². The van der Waals surface area contributed by atoms with Gasteiger partial charge in [0.25, 0.3) is 0 Å². The van der Waals surface area contributed by atoms with Gasteiger partial charge >= 0.3 is 5.97 Å². The van der Waals surface area contributed by atoms with Crippen LogP contribution in [-0.2, 0) is 9.53 Å². The standard InChI is InChI=1S/C21H24IO2.U/c1-16(13-14-22)15-17(2)24-21(23)20(18-9-5-3-6-10-18)19-11-7-4-8-12-19;/h3-12,16-17H,13-15H2,1-2H3;/q-1;. The largest absolute Gasteiger partial charge is 0.465 e. The van der Waals surface area contributed by atoms with Crippen molar-refractivity contribution in [1.29, 1.82) is 0 Å². The van der Waals surface area contributed by atoms with E-state index in [1.54, 1.807) is 0 Å². The van der Waals surface area contributed by atoms with Gasteiger partial charge in [-0.25, -0.2) is 0 Å². The van der Waals surface area contributed by atoms with Crippen molar-refractivity contribution in [2.24, 2.45) is 5.92 Å². The zero-order chi connectivity index (χ0) is 17.4. The molecule has 4 heteroatoms. The molecule has 132 valence electrons. The van der Waals surface area contributed by atoms with Gasteiger partial charge in [-0.3, -0.25) is 4.79 Å². The van der Waals surface area contributed by atoms with E-state index in [4.69, 9.17) is 4.74 Å². The van der Waals surface area contributed by atoms with Gasteiger partial charge in [-0.15, -0.1) is 35.4 Å². The predicted octanol–water partition coefficient (Wildman–Crippen LogP) is 5.44. The maximum atomic E-state index is 12.8. The van der Waals surface area contributed by atoms with Gasteiger partial charge in [-0.05, 0) is 36.0 Å². The van der Waals surface area contributed by atoms with E-state index in [2.05, 4.69) is 29.5 Å². The fraction of sp³-hybridized carbons (Fsp3) is 0.333. The summed E-state index contributed by atoms with van der Waals surface area (Å²) in [5.41, 5.74) is 1.78. The van der Waals surface area contributed by atoms with Crippen molar-refractivity contribution in [1.82, 2.24) is 0 Å². The van der Waals surface area contributed by atoms with Crippen molar-refractivity contribution in [3.05, 3.63) is 77.7 Å². The van der Waals surface area contributed by atoms with Crippen molar-refractivity contribution >= 4 is 28.6 Å². The molecule has 2 aromatic carbocycles. The third-order valence-corrected chi connectivity index (χ3v) is 4.60. The Labute approximate surface area is 188 Å². The van der Waals surface area contributed by atoms with E-state index in [1.165, 1.54) is 0 Å². The van der Waals surface area contributed by atoms with Gasteiger partial charge < -0.3 is 4.74 Å². The fourth-order valence-corrected chi connectivity index (χ4v) is 3.84. The van der Waals surface area contributed by atoms with E-state index in [0.29, 0.717) is 11.8 Å². The van der Waals surface area contributed by atoms with Crippen LogP contribution in [0.3, 0.4) is 0 Å². The number of hydrogen-bond donors (Lipinski definition) is 0. The van der Waals surface area contributed by atoms with Crippen LogP contribution in [0.15, 0.2) is 60.7 Å². The van der Waals surface area contributed by atoms with Crippen molar-refractivity contribution in [3.63, 3.8) is 0 Å². The molecule has 0 radical (unpaired) electrons. The van der Waals surface area contributed by atoms with Crippen LogP contribution in [0, 0.1) is 42.9 Å². The molecule has 0 saturated carbocycles. The minimum atomic E-state index is -0.249. The second-order valence-corrected chi connectivity index (χ2v) is 7.22. The molecule has 0 amide bonds. The maximum Gasteiger partial charge on any atom is 0.303 e. The molecule has 0 bridgehead atoms. The molecule has 2 unspecified atom stereocenters. The molecule has 0 aliphatic carbocycles. The minimum Gasteiger partial charge on any atom is -0.465 e. The Morgan fingerprint density at radius 1 is 1.00 bits per heavy atom. The first-order chi connectivity index (χ1) is 11.6. The Morgan fingerprint density at radius 2 is 1.48 bits per heavy atom. The molecular formula is C21H24IO2U-. The van der Waals surface area contributed by atoms with E-state index in [9.17, 15) is 4.79 Å². The maximum absolute atomic E-state index is 12.8. The van der Waals surface area contributed by atoms with Crippen LogP contribution in [0.5, 0.6) is 0 Å². The summed E-state index contributed by atoms with van der Waals surface area (Å²) in [6, 6.07) is 19.5. The molecule has 0 heterocycles. The fourth-order valence-electron chi connectivity index (χ4n) is 2.77. The van der Waals surface area contributed by atoms with E-state index in [-0.39, 0.29) is 43.2 Å². The summed E-state index contributed by atoms with van der Waals surface area (Å²) in [4.78, 5) is 12.8. The average Bonchev–Trinajstić information content (AvgIpc) is 2.57. The molecule has 0 aliphatic rings. The van der Waals surface area contributed by atoms with Crippen molar-refractivity contribution in [2.45, 2.75) is 32.8 Å². The Bertz CT molecular complexity index is 579. The van der Waals surface area contributed by atoms with Crippen LogP contribution in [-0.4, -0.2) is 16.5 Å². The van der Waals surface area contributed by atoms with Gasteiger partial charge in [0.05, 0.1) is 6.10 Å². The van der Waals surface area contributed by atoms with Crippen LogP contribution in [0.1, 0.15) is 37.8 Å². The third-order valence-electron chi connectivity index (χ3n) is 3.97. The number of ether oxygens (including phenoxy) is 1. The molecule has 25 heavy (non-hydrogen) atoms. The van der Waals surface area contributed by atoms with E-state index in [1.807, 2.05) is 67.6 Å². The molecule has 0 spiro atoms. The van der Waals surface area contributed by atoms with Crippen LogP contribution < -0.4 is 0 Å². The molecule has 0 aromatic heterocycles. The number of rotatable bonds is 8. The molecule has 0 saturated heterocycles. The second kappa shape index (κ2) is 12.0. The Balaban J connectivity index is 0.00000312. The molecule has 2 aromatic rings. The smallest absolute Gasteiger partial charge is 0.303 e. The van der Waals surface area contributed by atoms with E-state index in [0.717, 1.165) is 28.4 Å². The Morgan fingerprint density at radius 3 is 1.92 bits per heavy atom. The number of esters is 1. The quantitative estimate of drug-likeness (QED) is 0.162. The van der Waals surface area contributed by atoms with Gasteiger partial charge in [0.15, 0.2) is 0 Å². The monoisotopic (exact) mass is 673 g/mol. The zero-order valence-electron chi connectivity index (χ0n) is 14.7. The Kier molecular flexibility index (Phi) is 10.9. The summed E-state index contributed by atoms with van der Waals surface area (Å²) in [5, 5.41) is 0. The average molecular weight is 673 g/mol. The number of carbonyl (C=O) groups excluding carboxylic acids is 1. The normalized spacial score (nSPS) is 12.6. The summed E-state index contributed by atoms with van der Waals surface area (Å²) in [5.74, 6) is 0.938. The van der Waals surface area contributed by atoms with Gasteiger partial charge in [0, 0.05) is 31.1 Å². The second-order valence-electron chi connectivity index (χ2n) is 6.14. The number of carbonyl (C=O) groups is 1. The summed E-state index contributed by atoms with van der Waals surface area (Å²) < 4.78 is 6.89. The van der Waals surface area contributed by atoms with Gasteiger partial charge in [0.2, 0.25) is 0 Å². The van der Waals surface area contributed by atoms with Crippen LogP contribution in [0.25, 0.3) is 0 Å². The van der Waals surface area contributed by atoms with Crippen LogP contribution in [0.2, 0.25) is 0 Å². The molecule has 0 fully saturated rings. The molecule has 0 N–H and O–H groups in total. The van der Waals surface area contributed by atoms with Gasteiger partial charge in [0.1, 0.15) is 0 Å². The number of halogens is 1. The van der Waals surface area contributed by atoms with Crippen molar-refractivity contribution in [2.75, 3.05) is 4.43 Å². The van der Waals surface area contributed by atoms with Crippen molar-refractivity contribution < 1.29 is 40.6 Å². The number of hydrogen-bond acceptors (Lipinski definition) is 2. The summed E-state index contributed by atoms with van der Waals surface area (Å²) in [6.07, 6.45) is 1.96. The molecular weight excluding hydrogens is 649 g/mol. The zero-order valence-corrected chi connectivity index (χ0v) is 21.1. The summed E-state index contributed by atoms with van der Waals surface area (Å²) in [7, 11) is 0. The van der Waals surface area contributed by atoms with Gasteiger partial charge in [-0.2, -0.15) is 0 Å². The predicted molar refractivity (Wildman–Crippen MR) is 107 cm³/mol. The number of benzene rings is 2. The van der Waals surface area contributed by atoms with E-state index < -0.39 is 0 Å². The van der Waals surface area contributed by atoms with Crippen molar-refractivity contribution in [3.8, 4) is 0 Å². The first kappa shape index (κ1) is 22.6. The molecule has 0 aliphatic heterocycles. The Hall–Kier alpha value is -0.438. The number of alkyl halides is 1.